The summed E-state index contributed by atoms with van der Waals surface area (Å²) in [6, 6.07) is 6.90. The van der Waals surface area contributed by atoms with E-state index in [-0.39, 0.29) is 0 Å². The monoisotopic (exact) mass is 369 g/mol. The highest BCUT2D eigenvalue weighted by Gasteiger charge is 2.14. The van der Waals surface area contributed by atoms with E-state index >= 15 is 0 Å². The van der Waals surface area contributed by atoms with Crippen LogP contribution in [0, 0.1) is 0 Å². The first-order valence-electron chi connectivity index (χ1n) is 6.29. The Labute approximate surface area is 136 Å². The van der Waals surface area contributed by atoms with Crippen molar-refractivity contribution in [1.82, 2.24) is 4.98 Å². The third-order valence-corrected chi connectivity index (χ3v) is 3.49. The minimum Gasteiger partial charge on any atom is -0.486 e. The zero-order chi connectivity index (χ0) is 15.2. The number of halogens is 2. The van der Waals surface area contributed by atoms with E-state index in [0.29, 0.717) is 34.0 Å². The standard InChI is InChI=1S/C15H13BrClNO3/c1-2-20-15(19)11-6-12(16)14(13(17)7-11)21-9-10-4-3-5-18-8-10/h3-8H,2,9H2,1H3. The number of nitrogens with zero attached hydrogens (tertiary/aromatic N) is 1. The van der Waals surface area contributed by atoms with Gasteiger partial charge in [-0.25, -0.2) is 4.79 Å². The molecule has 6 heteroatoms. The first-order valence-corrected chi connectivity index (χ1v) is 7.46. The molecule has 2 aromatic rings. The summed E-state index contributed by atoms with van der Waals surface area (Å²) in [6.07, 6.45) is 3.41. The van der Waals surface area contributed by atoms with Crippen LogP contribution >= 0.6 is 27.5 Å². The van der Waals surface area contributed by atoms with Crippen molar-refractivity contribution in [2.45, 2.75) is 13.5 Å². The summed E-state index contributed by atoms with van der Waals surface area (Å²) in [5.74, 6) is 0.0625. The van der Waals surface area contributed by atoms with Crippen molar-refractivity contribution >= 4 is 33.5 Å². The molecule has 0 aliphatic carbocycles. The summed E-state index contributed by atoms with van der Waals surface area (Å²) in [4.78, 5) is 15.7. The van der Waals surface area contributed by atoms with E-state index < -0.39 is 5.97 Å². The molecule has 21 heavy (non-hydrogen) atoms. The summed E-state index contributed by atoms with van der Waals surface area (Å²) in [7, 11) is 0. The number of esters is 1. The first-order chi connectivity index (χ1) is 10.1. The average Bonchev–Trinajstić information content (AvgIpc) is 2.47. The van der Waals surface area contributed by atoms with Crippen LogP contribution in [0.4, 0.5) is 0 Å². The minimum atomic E-state index is -0.418. The molecule has 1 aromatic heterocycles. The number of benzene rings is 1. The molecule has 0 saturated heterocycles. The molecule has 110 valence electrons. The number of ether oxygens (including phenoxy) is 2. The zero-order valence-electron chi connectivity index (χ0n) is 11.3. The number of aromatic nitrogens is 1. The molecule has 2 rings (SSSR count). The maximum Gasteiger partial charge on any atom is 0.338 e. The van der Waals surface area contributed by atoms with Gasteiger partial charge < -0.3 is 9.47 Å². The molecule has 0 aliphatic heterocycles. The molecule has 0 aliphatic rings. The van der Waals surface area contributed by atoms with Crippen LogP contribution in [0.5, 0.6) is 5.75 Å². The van der Waals surface area contributed by atoms with E-state index in [0.717, 1.165) is 5.56 Å². The fraction of sp³-hybridized carbons (Fsp3) is 0.200. The van der Waals surface area contributed by atoms with Crippen LogP contribution in [-0.4, -0.2) is 17.6 Å². The lowest BCUT2D eigenvalue weighted by molar-refractivity contribution is 0.0526. The van der Waals surface area contributed by atoms with Gasteiger partial charge in [-0.05, 0) is 41.1 Å². The van der Waals surface area contributed by atoms with Crippen molar-refractivity contribution in [2.24, 2.45) is 0 Å². The topological polar surface area (TPSA) is 48.4 Å². The van der Waals surface area contributed by atoms with Gasteiger partial charge in [0, 0.05) is 18.0 Å². The van der Waals surface area contributed by atoms with E-state index in [2.05, 4.69) is 20.9 Å². The van der Waals surface area contributed by atoms with E-state index in [1.165, 1.54) is 6.07 Å². The molecule has 4 nitrogen and oxygen atoms in total. The van der Waals surface area contributed by atoms with E-state index in [4.69, 9.17) is 21.1 Å². The number of hydrogen-bond acceptors (Lipinski definition) is 4. The number of rotatable bonds is 5. The van der Waals surface area contributed by atoms with Crippen molar-refractivity contribution in [2.75, 3.05) is 6.61 Å². The lowest BCUT2D eigenvalue weighted by Gasteiger charge is -2.11. The van der Waals surface area contributed by atoms with E-state index in [1.54, 1.807) is 25.4 Å². The molecule has 0 bridgehead atoms. The minimum absolute atomic E-state index is 0.313. The Morgan fingerprint density at radius 3 is 2.86 bits per heavy atom. The fourth-order valence-corrected chi connectivity index (χ4v) is 2.63. The second kappa shape index (κ2) is 7.43. The molecule has 0 atom stereocenters. The van der Waals surface area contributed by atoms with Gasteiger partial charge in [-0.15, -0.1) is 0 Å². The highest BCUT2D eigenvalue weighted by atomic mass is 79.9. The van der Waals surface area contributed by atoms with Crippen molar-refractivity contribution < 1.29 is 14.3 Å². The molecular formula is C15H13BrClNO3. The molecule has 0 fully saturated rings. The lowest BCUT2D eigenvalue weighted by atomic mass is 10.2. The maximum atomic E-state index is 11.7. The van der Waals surface area contributed by atoms with Crippen molar-refractivity contribution in [3.8, 4) is 5.75 Å². The van der Waals surface area contributed by atoms with Gasteiger partial charge in [-0.2, -0.15) is 0 Å². The third-order valence-electron chi connectivity index (χ3n) is 2.62. The van der Waals surface area contributed by atoms with Gasteiger partial charge in [0.2, 0.25) is 0 Å². The Balaban J connectivity index is 2.15. The normalized spacial score (nSPS) is 10.2. The molecule has 1 aromatic carbocycles. The predicted octanol–water partition coefficient (Wildman–Crippen LogP) is 4.25. The van der Waals surface area contributed by atoms with Crippen LogP contribution < -0.4 is 4.74 Å². The fourth-order valence-electron chi connectivity index (χ4n) is 1.67. The second-order valence-corrected chi connectivity index (χ2v) is 5.40. The SMILES string of the molecule is CCOC(=O)c1cc(Cl)c(OCc2cccnc2)c(Br)c1. The molecule has 0 radical (unpaired) electrons. The van der Waals surface area contributed by atoms with Crippen LogP contribution in [0.25, 0.3) is 0 Å². The van der Waals surface area contributed by atoms with Gasteiger partial charge in [0.05, 0.1) is 21.7 Å². The van der Waals surface area contributed by atoms with Crippen molar-refractivity contribution in [3.05, 3.63) is 57.3 Å². The predicted molar refractivity (Wildman–Crippen MR) is 83.7 cm³/mol. The van der Waals surface area contributed by atoms with Gasteiger partial charge in [-0.3, -0.25) is 4.98 Å². The summed E-state index contributed by atoms with van der Waals surface area (Å²) in [6.45, 7) is 2.40. The average molecular weight is 371 g/mol. The Bertz CT molecular complexity index is 611. The van der Waals surface area contributed by atoms with Gasteiger partial charge in [-0.1, -0.05) is 17.7 Å². The van der Waals surface area contributed by atoms with Crippen LogP contribution in [0.3, 0.4) is 0 Å². The van der Waals surface area contributed by atoms with E-state index in [1.807, 2.05) is 12.1 Å². The quantitative estimate of drug-likeness (QED) is 0.738. The summed E-state index contributed by atoms with van der Waals surface area (Å²) in [5.41, 5.74) is 1.30. The van der Waals surface area contributed by atoms with E-state index in [9.17, 15) is 4.79 Å². The first kappa shape index (κ1) is 15.8. The summed E-state index contributed by atoms with van der Waals surface area (Å²) < 4.78 is 11.2. The van der Waals surface area contributed by atoms with Gasteiger partial charge in [0.25, 0.3) is 0 Å². The second-order valence-electron chi connectivity index (χ2n) is 4.14. The maximum absolute atomic E-state index is 11.7. The molecular weight excluding hydrogens is 358 g/mol. The lowest BCUT2D eigenvalue weighted by Crippen LogP contribution is -2.05. The molecule has 0 amide bonds. The molecule has 0 N–H and O–H groups in total. The van der Waals surface area contributed by atoms with Crippen LogP contribution in [0.2, 0.25) is 5.02 Å². The van der Waals surface area contributed by atoms with Crippen LogP contribution in [-0.2, 0) is 11.3 Å². The third kappa shape index (κ3) is 4.19. The van der Waals surface area contributed by atoms with Crippen molar-refractivity contribution in [3.63, 3.8) is 0 Å². The Morgan fingerprint density at radius 1 is 1.43 bits per heavy atom. The molecule has 1 heterocycles. The van der Waals surface area contributed by atoms with Crippen molar-refractivity contribution in [1.29, 1.82) is 0 Å². The van der Waals surface area contributed by atoms with Crippen LogP contribution in [0.15, 0.2) is 41.1 Å². The summed E-state index contributed by atoms with van der Waals surface area (Å²) in [5, 5.41) is 0.344. The number of pyridine rings is 1. The highest BCUT2D eigenvalue weighted by molar-refractivity contribution is 9.10. The van der Waals surface area contributed by atoms with Gasteiger partial charge >= 0.3 is 5.97 Å². The number of carbonyl (C=O) groups is 1. The molecule has 0 spiro atoms. The number of hydrogen-bond donors (Lipinski definition) is 0. The number of carbonyl (C=O) groups excluding carboxylic acids is 1. The molecule has 0 unspecified atom stereocenters. The Morgan fingerprint density at radius 2 is 2.24 bits per heavy atom. The van der Waals surface area contributed by atoms with Crippen LogP contribution in [0.1, 0.15) is 22.8 Å². The van der Waals surface area contributed by atoms with Gasteiger partial charge in [0.15, 0.2) is 5.75 Å². The Hall–Kier alpha value is -1.59. The van der Waals surface area contributed by atoms with Gasteiger partial charge in [0.1, 0.15) is 6.61 Å². The smallest absolute Gasteiger partial charge is 0.338 e. The summed E-state index contributed by atoms with van der Waals surface area (Å²) >= 11 is 9.52. The molecule has 0 saturated carbocycles. The Kier molecular flexibility index (Phi) is 5.59. The zero-order valence-corrected chi connectivity index (χ0v) is 13.6. The largest absolute Gasteiger partial charge is 0.486 e. The highest BCUT2D eigenvalue weighted by Crippen LogP contribution is 2.35.